The van der Waals surface area contributed by atoms with Crippen LogP contribution >= 0.6 is 0 Å². The number of nitrogens with zero attached hydrogens (tertiary/aromatic N) is 2. The van der Waals surface area contributed by atoms with Gasteiger partial charge in [-0.3, -0.25) is 0 Å². The van der Waals surface area contributed by atoms with Crippen molar-refractivity contribution in [1.29, 1.82) is 5.26 Å². The molecule has 21 heavy (non-hydrogen) atoms. The molecule has 0 aliphatic rings. The normalized spacial score (nSPS) is 10.1. The van der Waals surface area contributed by atoms with Crippen LogP contribution in [0.25, 0.3) is 11.3 Å². The number of nitriles is 1. The largest absolute Gasteiger partial charge is 0.423 e. The number of aromatic nitrogens is 1. The van der Waals surface area contributed by atoms with Gasteiger partial charge in [0.1, 0.15) is 0 Å². The molecule has 4 nitrogen and oxygen atoms in total. The summed E-state index contributed by atoms with van der Waals surface area (Å²) in [4.78, 5) is 4.22. The van der Waals surface area contributed by atoms with E-state index in [2.05, 4.69) is 16.4 Å². The summed E-state index contributed by atoms with van der Waals surface area (Å²) >= 11 is 0. The Hall–Kier alpha value is -3.06. The second-order valence-electron chi connectivity index (χ2n) is 4.71. The van der Waals surface area contributed by atoms with Crippen molar-refractivity contribution in [3.63, 3.8) is 0 Å². The lowest BCUT2D eigenvalue weighted by Gasteiger charge is -2.02. The van der Waals surface area contributed by atoms with E-state index in [0.717, 1.165) is 11.3 Å². The summed E-state index contributed by atoms with van der Waals surface area (Å²) < 4.78 is 5.68. The van der Waals surface area contributed by atoms with Crippen LogP contribution in [0.2, 0.25) is 0 Å². The first kappa shape index (κ1) is 12.9. The van der Waals surface area contributed by atoms with Gasteiger partial charge in [0, 0.05) is 11.3 Å². The Morgan fingerprint density at radius 3 is 2.67 bits per heavy atom. The second-order valence-corrected chi connectivity index (χ2v) is 4.71. The number of hydrogen-bond donors (Lipinski definition) is 1. The molecule has 3 aromatic rings. The molecule has 0 unspecified atom stereocenters. The van der Waals surface area contributed by atoms with Crippen LogP contribution in [-0.2, 0) is 0 Å². The third-order valence-corrected chi connectivity index (χ3v) is 3.07. The van der Waals surface area contributed by atoms with Crippen molar-refractivity contribution >= 4 is 11.7 Å². The molecule has 0 atom stereocenters. The van der Waals surface area contributed by atoms with Crippen LogP contribution < -0.4 is 5.32 Å². The van der Waals surface area contributed by atoms with Crippen molar-refractivity contribution < 1.29 is 4.42 Å². The van der Waals surface area contributed by atoms with E-state index in [9.17, 15) is 0 Å². The fraction of sp³-hybridized carbons (Fsp3) is 0.0588. The number of hydrogen-bond acceptors (Lipinski definition) is 4. The molecule has 1 aromatic heterocycles. The van der Waals surface area contributed by atoms with Crippen LogP contribution in [0.5, 0.6) is 0 Å². The van der Waals surface area contributed by atoms with Gasteiger partial charge in [0.05, 0.1) is 17.8 Å². The molecule has 0 aliphatic carbocycles. The zero-order chi connectivity index (χ0) is 14.7. The Morgan fingerprint density at radius 1 is 1.14 bits per heavy atom. The molecule has 1 N–H and O–H groups in total. The van der Waals surface area contributed by atoms with Crippen LogP contribution in [0, 0.1) is 18.3 Å². The number of anilines is 2. The minimum atomic E-state index is 0.444. The van der Waals surface area contributed by atoms with Gasteiger partial charge in [-0.15, -0.1) is 0 Å². The maximum atomic E-state index is 8.79. The number of aryl methyl sites for hydroxylation is 1. The lowest BCUT2D eigenvalue weighted by atomic mass is 10.1. The summed E-state index contributed by atoms with van der Waals surface area (Å²) in [6, 6.07) is 17.7. The van der Waals surface area contributed by atoms with Crippen LogP contribution in [0.4, 0.5) is 11.7 Å². The molecule has 0 bridgehead atoms. The minimum Gasteiger partial charge on any atom is -0.423 e. The molecule has 0 aliphatic heterocycles. The predicted molar refractivity (Wildman–Crippen MR) is 81.1 cm³/mol. The van der Waals surface area contributed by atoms with E-state index in [-0.39, 0.29) is 0 Å². The highest BCUT2D eigenvalue weighted by Crippen LogP contribution is 2.24. The van der Waals surface area contributed by atoms with E-state index in [1.54, 1.807) is 18.3 Å². The number of oxazole rings is 1. The molecular weight excluding hydrogens is 262 g/mol. The Balaban J connectivity index is 1.81. The highest BCUT2D eigenvalue weighted by Gasteiger charge is 2.06. The molecule has 2 aromatic carbocycles. The molecule has 0 amide bonds. The molecule has 102 valence electrons. The molecule has 3 rings (SSSR count). The molecule has 4 heteroatoms. The number of rotatable bonds is 3. The van der Waals surface area contributed by atoms with E-state index in [1.807, 2.05) is 43.3 Å². The van der Waals surface area contributed by atoms with Crippen LogP contribution in [-0.4, -0.2) is 4.98 Å². The molecule has 0 saturated heterocycles. The van der Waals surface area contributed by atoms with Crippen molar-refractivity contribution in [1.82, 2.24) is 4.98 Å². The zero-order valence-electron chi connectivity index (χ0n) is 11.5. The van der Waals surface area contributed by atoms with Crippen molar-refractivity contribution in [2.75, 3.05) is 5.32 Å². The predicted octanol–water partition coefficient (Wildman–Crippen LogP) is 4.27. The quantitative estimate of drug-likeness (QED) is 0.775. The third kappa shape index (κ3) is 2.93. The van der Waals surface area contributed by atoms with E-state index in [0.29, 0.717) is 17.3 Å². The standard InChI is InChI=1S/C17H13N3O/c1-12-3-2-4-15(9-12)20-17-19-11-16(21-17)14-7-5-13(10-18)6-8-14/h2-9,11H,1H3,(H,19,20). The summed E-state index contributed by atoms with van der Waals surface area (Å²) in [6.07, 6.45) is 1.67. The first-order chi connectivity index (χ1) is 10.2. The van der Waals surface area contributed by atoms with E-state index in [1.165, 1.54) is 5.56 Å². The van der Waals surface area contributed by atoms with Crippen molar-refractivity contribution in [3.05, 3.63) is 65.9 Å². The van der Waals surface area contributed by atoms with Crippen molar-refractivity contribution in [2.24, 2.45) is 0 Å². The Kier molecular flexibility index (Phi) is 3.40. The first-order valence-electron chi connectivity index (χ1n) is 6.55. The first-order valence-corrected chi connectivity index (χ1v) is 6.55. The van der Waals surface area contributed by atoms with Gasteiger partial charge in [-0.25, -0.2) is 4.98 Å². The third-order valence-electron chi connectivity index (χ3n) is 3.07. The van der Waals surface area contributed by atoms with Crippen LogP contribution in [0.3, 0.4) is 0 Å². The summed E-state index contributed by atoms with van der Waals surface area (Å²) in [5.74, 6) is 0.662. The SMILES string of the molecule is Cc1cccc(Nc2ncc(-c3ccc(C#N)cc3)o2)c1. The topological polar surface area (TPSA) is 61.9 Å². The summed E-state index contributed by atoms with van der Waals surface area (Å²) in [5, 5.41) is 11.9. The van der Waals surface area contributed by atoms with Crippen LogP contribution in [0.1, 0.15) is 11.1 Å². The Bertz CT molecular complexity index is 797. The molecule has 0 spiro atoms. The maximum absolute atomic E-state index is 8.79. The fourth-order valence-corrected chi connectivity index (χ4v) is 2.02. The maximum Gasteiger partial charge on any atom is 0.299 e. The van der Waals surface area contributed by atoms with Gasteiger partial charge in [0.25, 0.3) is 6.01 Å². The van der Waals surface area contributed by atoms with Gasteiger partial charge in [-0.05, 0) is 48.9 Å². The lowest BCUT2D eigenvalue weighted by Crippen LogP contribution is -1.89. The Morgan fingerprint density at radius 2 is 1.95 bits per heavy atom. The highest BCUT2D eigenvalue weighted by atomic mass is 16.4. The average Bonchev–Trinajstić information content (AvgIpc) is 2.96. The molecular formula is C17H13N3O. The van der Waals surface area contributed by atoms with Crippen molar-refractivity contribution in [3.8, 4) is 17.4 Å². The average molecular weight is 275 g/mol. The number of nitrogens with one attached hydrogen (secondary N) is 1. The lowest BCUT2D eigenvalue weighted by molar-refractivity contribution is 0.592. The van der Waals surface area contributed by atoms with E-state index < -0.39 is 0 Å². The van der Waals surface area contributed by atoms with Gasteiger partial charge in [-0.2, -0.15) is 5.26 Å². The van der Waals surface area contributed by atoms with E-state index >= 15 is 0 Å². The fourth-order valence-electron chi connectivity index (χ4n) is 2.02. The van der Waals surface area contributed by atoms with Gasteiger partial charge >= 0.3 is 0 Å². The summed E-state index contributed by atoms with van der Waals surface area (Å²) in [7, 11) is 0. The molecule has 0 radical (unpaired) electrons. The van der Waals surface area contributed by atoms with E-state index in [4.69, 9.17) is 9.68 Å². The minimum absolute atomic E-state index is 0.444. The summed E-state index contributed by atoms with van der Waals surface area (Å²) in [6.45, 7) is 2.03. The van der Waals surface area contributed by atoms with Gasteiger partial charge in [0.15, 0.2) is 5.76 Å². The van der Waals surface area contributed by atoms with Gasteiger partial charge in [-0.1, -0.05) is 12.1 Å². The van der Waals surface area contributed by atoms with Crippen molar-refractivity contribution in [2.45, 2.75) is 6.92 Å². The molecule has 0 fully saturated rings. The molecule has 1 heterocycles. The molecule has 0 saturated carbocycles. The van der Waals surface area contributed by atoms with Gasteiger partial charge < -0.3 is 9.73 Å². The monoisotopic (exact) mass is 275 g/mol. The van der Waals surface area contributed by atoms with Gasteiger partial charge in [0.2, 0.25) is 0 Å². The second kappa shape index (κ2) is 5.51. The highest BCUT2D eigenvalue weighted by molar-refractivity contribution is 5.60. The Labute approximate surface area is 122 Å². The summed E-state index contributed by atoms with van der Waals surface area (Å²) in [5.41, 5.74) is 3.61. The smallest absolute Gasteiger partial charge is 0.299 e. The number of benzene rings is 2. The van der Waals surface area contributed by atoms with Crippen LogP contribution in [0.15, 0.2) is 59.1 Å². The zero-order valence-corrected chi connectivity index (χ0v) is 11.5.